The van der Waals surface area contributed by atoms with Crippen LogP contribution in [0.5, 0.6) is 0 Å². The maximum Gasteiger partial charge on any atom is 0.282 e. The van der Waals surface area contributed by atoms with Gasteiger partial charge in [0.2, 0.25) is 0 Å². The van der Waals surface area contributed by atoms with E-state index in [1.54, 1.807) is 0 Å². The van der Waals surface area contributed by atoms with Crippen molar-refractivity contribution in [3.63, 3.8) is 0 Å². The smallest absolute Gasteiger partial charge is 0.282 e. The summed E-state index contributed by atoms with van der Waals surface area (Å²) >= 11 is 0. The minimum absolute atomic E-state index is 0.109. The van der Waals surface area contributed by atoms with Crippen LogP contribution in [-0.4, -0.2) is 19.7 Å². The van der Waals surface area contributed by atoms with Gasteiger partial charge in [-0.05, 0) is 31.2 Å². The number of aromatic amines is 2. The fourth-order valence-corrected chi connectivity index (χ4v) is 2.66. The molecule has 0 atom stereocenters. The van der Waals surface area contributed by atoms with E-state index in [0.29, 0.717) is 11.4 Å². The van der Waals surface area contributed by atoms with E-state index in [-0.39, 0.29) is 5.56 Å². The summed E-state index contributed by atoms with van der Waals surface area (Å²) in [5, 5.41) is 3.12. The molecule has 0 aliphatic heterocycles. The van der Waals surface area contributed by atoms with Crippen molar-refractivity contribution >= 4 is 11.0 Å². The van der Waals surface area contributed by atoms with Crippen molar-refractivity contribution < 1.29 is 0 Å². The molecule has 0 fully saturated rings. The SMILES string of the molecule is Cc1[nH]n(-c2ccccc2)c(=O)c1-c1nc2ccccc2[nH]1. The van der Waals surface area contributed by atoms with Gasteiger partial charge in [-0.25, -0.2) is 9.67 Å². The van der Waals surface area contributed by atoms with Crippen LogP contribution in [0.15, 0.2) is 59.4 Å². The third-order valence-corrected chi connectivity index (χ3v) is 3.71. The molecule has 0 aliphatic rings. The molecule has 2 heterocycles. The number of para-hydroxylation sites is 3. The Kier molecular flexibility index (Phi) is 2.72. The Morgan fingerprint density at radius 2 is 1.73 bits per heavy atom. The minimum Gasteiger partial charge on any atom is -0.338 e. The van der Waals surface area contributed by atoms with Crippen molar-refractivity contribution in [2.75, 3.05) is 0 Å². The van der Waals surface area contributed by atoms with Gasteiger partial charge >= 0.3 is 0 Å². The van der Waals surface area contributed by atoms with E-state index in [4.69, 9.17) is 0 Å². The van der Waals surface area contributed by atoms with Crippen molar-refractivity contribution in [3.05, 3.63) is 70.6 Å². The highest BCUT2D eigenvalue weighted by Crippen LogP contribution is 2.20. The maximum absolute atomic E-state index is 12.7. The molecule has 22 heavy (non-hydrogen) atoms. The van der Waals surface area contributed by atoms with Crippen molar-refractivity contribution in [3.8, 4) is 17.1 Å². The van der Waals surface area contributed by atoms with Crippen LogP contribution in [-0.2, 0) is 0 Å². The quantitative estimate of drug-likeness (QED) is 0.596. The van der Waals surface area contributed by atoms with Crippen LogP contribution in [0.25, 0.3) is 28.1 Å². The summed E-state index contributed by atoms with van der Waals surface area (Å²) in [6.07, 6.45) is 0. The molecule has 2 N–H and O–H groups in total. The highest BCUT2D eigenvalue weighted by Gasteiger charge is 2.17. The summed E-state index contributed by atoms with van der Waals surface area (Å²) in [6, 6.07) is 17.2. The van der Waals surface area contributed by atoms with E-state index in [1.807, 2.05) is 61.5 Å². The van der Waals surface area contributed by atoms with Crippen molar-refractivity contribution in [2.45, 2.75) is 6.92 Å². The first-order valence-corrected chi connectivity index (χ1v) is 7.06. The van der Waals surface area contributed by atoms with Crippen LogP contribution in [0.3, 0.4) is 0 Å². The molecular weight excluding hydrogens is 276 g/mol. The molecule has 0 saturated carbocycles. The maximum atomic E-state index is 12.7. The lowest BCUT2D eigenvalue weighted by molar-refractivity contribution is 0.835. The Morgan fingerprint density at radius 3 is 2.50 bits per heavy atom. The Balaban J connectivity index is 1.93. The van der Waals surface area contributed by atoms with Crippen LogP contribution < -0.4 is 5.56 Å². The largest absolute Gasteiger partial charge is 0.338 e. The standard InChI is InChI=1S/C17H14N4O/c1-11-15(16-18-13-9-5-6-10-14(13)19-16)17(22)21(20-11)12-7-3-2-4-8-12/h2-10,20H,1H3,(H,18,19). The van der Waals surface area contributed by atoms with Gasteiger partial charge in [-0.2, -0.15) is 0 Å². The Labute approximate surface area is 126 Å². The van der Waals surface area contributed by atoms with Crippen LogP contribution in [0.2, 0.25) is 0 Å². The molecule has 0 amide bonds. The number of nitrogens with one attached hydrogen (secondary N) is 2. The molecule has 5 nitrogen and oxygen atoms in total. The number of fused-ring (bicyclic) bond motifs is 1. The van der Waals surface area contributed by atoms with Gasteiger partial charge in [0, 0.05) is 5.69 Å². The average Bonchev–Trinajstić information content (AvgIpc) is 3.08. The molecule has 0 spiro atoms. The van der Waals surface area contributed by atoms with Crippen LogP contribution in [0, 0.1) is 6.92 Å². The average molecular weight is 290 g/mol. The van der Waals surface area contributed by atoms with E-state index < -0.39 is 0 Å². The Morgan fingerprint density at radius 1 is 1.00 bits per heavy atom. The van der Waals surface area contributed by atoms with Gasteiger partial charge in [-0.1, -0.05) is 30.3 Å². The molecule has 4 aromatic rings. The summed E-state index contributed by atoms with van der Waals surface area (Å²) in [6.45, 7) is 1.88. The number of H-pyrrole nitrogens is 2. The molecule has 0 aliphatic carbocycles. The zero-order chi connectivity index (χ0) is 15.1. The monoisotopic (exact) mass is 290 g/mol. The number of nitrogens with zero attached hydrogens (tertiary/aromatic N) is 2. The first kappa shape index (κ1) is 12.6. The molecule has 0 saturated heterocycles. The number of rotatable bonds is 2. The van der Waals surface area contributed by atoms with E-state index in [2.05, 4.69) is 15.1 Å². The van der Waals surface area contributed by atoms with Crippen LogP contribution >= 0.6 is 0 Å². The van der Waals surface area contributed by atoms with E-state index in [0.717, 1.165) is 22.4 Å². The third-order valence-electron chi connectivity index (χ3n) is 3.71. The highest BCUT2D eigenvalue weighted by atomic mass is 16.1. The van der Waals surface area contributed by atoms with Gasteiger partial charge in [-0.15, -0.1) is 0 Å². The molecule has 0 bridgehead atoms. The predicted octanol–water partition coefficient (Wildman–Crippen LogP) is 3.02. The van der Waals surface area contributed by atoms with Crippen molar-refractivity contribution in [2.24, 2.45) is 0 Å². The van der Waals surface area contributed by atoms with E-state index in [1.165, 1.54) is 4.68 Å². The fourth-order valence-electron chi connectivity index (χ4n) is 2.66. The second kappa shape index (κ2) is 4.73. The van der Waals surface area contributed by atoms with Gasteiger partial charge in [0.1, 0.15) is 11.4 Å². The number of benzene rings is 2. The van der Waals surface area contributed by atoms with Gasteiger partial charge in [0.05, 0.1) is 16.7 Å². The third kappa shape index (κ3) is 1.87. The summed E-state index contributed by atoms with van der Waals surface area (Å²) in [7, 11) is 0. The molecule has 2 aromatic heterocycles. The molecule has 108 valence electrons. The van der Waals surface area contributed by atoms with Gasteiger partial charge in [0.25, 0.3) is 5.56 Å². The molecule has 5 heteroatoms. The van der Waals surface area contributed by atoms with Crippen LogP contribution in [0.1, 0.15) is 5.69 Å². The van der Waals surface area contributed by atoms with E-state index >= 15 is 0 Å². The first-order chi connectivity index (χ1) is 10.7. The molecule has 0 radical (unpaired) electrons. The number of aromatic nitrogens is 4. The second-order valence-corrected chi connectivity index (χ2v) is 5.19. The topological polar surface area (TPSA) is 66.5 Å². The number of hydrogen-bond acceptors (Lipinski definition) is 2. The lowest BCUT2D eigenvalue weighted by Crippen LogP contribution is -2.15. The van der Waals surface area contributed by atoms with E-state index in [9.17, 15) is 4.79 Å². The number of aryl methyl sites for hydroxylation is 1. The van der Waals surface area contributed by atoms with Gasteiger partial charge < -0.3 is 4.98 Å². The Bertz CT molecular complexity index is 975. The van der Waals surface area contributed by atoms with Crippen molar-refractivity contribution in [1.29, 1.82) is 0 Å². The first-order valence-electron chi connectivity index (χ1n) is 7.06. The Hall–Kier alpha value is -3.08. The summed E-state index contributed by atoms with van der Waals surface area (Å²) in [5.74, 6) is 0.592. The molecule has 0 unspecified atom stereocenters. The second-order valence-electron chi connectivity index (χ2n) is 5.19. The number of hydrogen-bond donors (Lipinski definition) is 2. The highest BCUT2D eigenvalue weighted by molar-refractivity contribution is 5.79. The fraction of sp³-hybridized carbons (Fsp3) is 0.0588. The van der Waals surface area contributed by atoms with Gasteiger partial charge in [0.15, 0.2) is 0 Å². The zero-order valence-corrected chi connectivity index (χ0v) is 12.0. The molecule has 4 rings (SSSR count). The lowest BCUT2D eigenvalue weighted by atomic mass is 10.2. The lowest BCUT2D eigenvalue weighted by Gasteiger charge is -1.99. The summed E-state index contributed by atoms with van der Waals surface area (Å²) < 4.78 is 1.54. The molecular formula is C17H14N4O. The van der Waals surface area contributed by atoms with Crippen molar-refractivity contribution in [1.82, 2.24) is 19.7 Å². The summed E-state index contributed by atoms with van der Waals surface area (Å²) in [5.41, 5.74) is 3.82. The molecule has 2 aromatic carbocycles. The number of imidazole rings is 1. The predicted molar refractivity (Wildman–Crippen MR) is 86.2 cm³/mol. The van der Waals surface area contributed by atoms with Crippen LogP contribution in [0.4, 0.5) is 0 Å². The van der Waals surface area contributed by atoms with Gasteiger partial charge in [-0.3, -0.25) is 9.89 Å². The summed E-state index contributed by atoms with van der Waals surface area (Å²) in [4.78, 5) is 20.5. The normalized spacial score (nSPS) is 11.1. The minimum atomic E-state index is -0.109. The zero-order valence-electron chi connectivity index (χ0n) is 12.0.